The number of rotatable bonds is 4. The van der Waals surface area contributed by atoms with E-state index in [1.165, 1.54) is 16.2 Å². The van der Waals surface area contributed by atoms with Gasteiger partial charge in [-0.05, 0) is 47.0 Å². The molecule has 0 radical (unpaired) electrons. The number of nitrogens with zero attached hydrogens (tertiary/aromatic N) is 1. The van der Waals surface area contributed by atoms with E-state index in [9.17, 15) is 9.59 Å². The average molecular weight is 316 g/mol. The number of nitrogens with one attached hydrogen (secondary N) is 1. The Hall–Kier alpha value is -2.34. The molecule has 2 heterocycles. The third-order valence-corrected chi connectivity index (χ3v) is 4.56. The number of carbonyl (C=O) groups is 2. The van der Waals surface area contributed by atoms with Crippen LogP contribution in [-0.4, -0.2) is 23.9 Å². The summed E-state index contributed by atoms with van der Waals surface area (Å²) in [5.74, 6) is 0.510. The number of hydrogen-bond acceptors (Lipinski definition) is 4. The van der Waals surface area contributed by atoms with E-state index in [0.29, 0.717) is 0 Å². The van der Waals surface area contributed by atoms with Crippen LogP contribution in [0.15, 0.2) is 41.1 Å². The van der Waals surface area contributed by atoms with E-state index in [4.69, 9.17) is 4.74 Å². The molecule has 1 fully saturated rings. The minimum absolute atomic E-state index is 0.230. The third kappa shape index (κ3) is 2.35. The van der Waals surface area contributed by atoms with Crippen LogP contribution >= 0.6 is 11.3 Å². The van der Waals surface area contributed by atoms with Gasteiger partial charge < -0.3 is 10.1 Å². The molecule has 1 aromatic heterocycles. The summed E-state index contributed by atoms with van der Waals surface area (Å²) >= 11 is 1.50. The van der Waals surface area contributed by atoms with Gasteiger partial charge >= 0.3 is 6.03 Å². The lowest BCUT2D eigenvalue weighted by molar-refractivity contribution is -0.131. The summed E-state index contributed by atoms with van der Waals surface area (Å²) in [7, 11) is 1.60. The number of urea groups is 1. The summed E-state index contributed by atoms with van der Waals surface area (Å²) in [6, 6.07) is 8.81. The van der Waals surface area contributed by atoms with Crippen molar-refractivity contribution in [2.75, 3.05) is 7.11 Å². The van der Waals surface area contributed by atoms with E-state index in [1.54, 1.807) is 14.0 Å². The van der Waals surface area contributed by atoms with Crippen molar-refractivity contribution in [3.8, 4) is 5.75 Å². The Labute approximate surface area is 132 Å². The summed E-state index contributed by atoms with van der Waals surface area (Å²) in [6.45, 7) is 1.98. The van der Waals surface area contributed by atoms with E-state index in [-0.39, 0.29) is 18.5 Å². The second kappa shape index (κ2) is 5.46. The van der Waals surface area contributed by atoms with Crippen molar-refractivity contribution in [1.82, 2.24) is 10.2 Å². The molecule has 1 atom stereocenters. The Bertz CT molecular complexity index is 697. The van der Waals surface area contributed by atoms with Crippen molar-refractivity contribution in [3.63, 3.8) is 0 Å². The number of methoxy groups -OCH3 is 1. The summed E-state index contributed by atoms with van der Waals surface area (Å²) in [6.07, 6.45) is 0. The maximum atomic E-state index is 12.7. The molecule has 114 valence electrons. The van der Waals surface area contributed by atoms with Crippen LogP contribution in [0, 0.1) is 0 Å². The molecule has 0 unspecified atom stereocenters. The highest BCUT2D eigenvalue weighted by molar-refractivity contribution is 7.08. The molecule has 0 bridgehead atoms. The zero-order valence-electron chi connectivity index (χ0n) is 12.3. The molecule has 6 heteroatoms. The van der Waals surface area contributed by atoms with Crippen molar-refractivity contribution < 1.29 is 14.3 Å². The first kappa shape index (κ1) is 14.6. The van der Waals surface area contributed by atoms with Gasteiger partial charge in [0.1, 0.15) is 11.3 Å². The monoisotopic (exact) mass is 316 g/mol. The topological polar surface area (TPSA) is 58.6 Å². The zero-order chi connectivity index (χ0) is 15.7. The van der Waals surface area contributed by atoms with Crippen LogP contribution in [0.5, 0.6) is 5.75 Å². The van der Waals surface area contributed by atoms with Gasteiger partial charge in [-0.25, -0.2) is 4.79 Å². The Morgan fingerprint density at radius 2 is 1.95 bits per heavy atom. The van der Waals surface area contributed by atoms with Crippen LogP contribution in [0.1, 0.15) is 18.1 Å². The van der Waals surface area contributed by atoms with Gasteiger partial charge in [0, 0.05) is 0 Å². The lowest BCUT2D eigenvalue weighted by Crippen LogP contribution is -2.40. The van der Waals surface area contributed by atoms with Crippen LogP contribution in [-0.2, 0) is 16.9 Å². The van der Waals surface area contributed by atoms with E-state index < -0.39 is 5.54 Å². The third-order valence-electron chi connectivity index (χ3n) is 3.87. The predicted molar refractivity (Wildman–Crippen MR) is 83.7 cm³/mol. The van der Waals surface area contributed by atoms with Crippen molar-refractivity contribution >= 4 is 23.3 Å². The first-order valence-corrected chi connectivity index (χ1v) is 7.78. The molecule has 0 saturated carbocycles. The molecule has 22 heavy (non-hydrogen) atoms. The molecule has 2 aromatic rings. The number of amides is 3. The summed E-state index contributed by atoms with van der Waals surface area (Å²) in [4.78, 5) is 26.1. The summed E-state index contributed by atoms with van der Waals surface area (Å²) < 4.78 is 5.10. The van der Waals surface area contributed by atoms with Gasteiger partial charge in [-0.3, -0.25) is 9.69 Å². The minimum Gasteiger partial charge on any atom is -0.497 e. The van der Waals surface area contributed by atoms with Gasteiger partial charge in [-0.15, -0.1) is 0 Å². The molecule has 1 saturated heterocycles. The Kier molecular flexibility index (Phi) is 3.62. The summed E-state index contributed by atoms with van der Waals surface area (Å²) in [5, 5.41) is 6.57. The maximum absolute atomic E-state index is 12.7. The molecule has 1 N–H and O–H groups in total. The fourth-order valence-corrected chi connectivity index (χ4v) is 3.26. The van der Waals surface area contributed by atoms with E-state index in [2.05, 4.69) is 5.32 Å². The molecule has 3 amide bonds. The highest BCUT2D eigenvalue weighted by Crippen LogP contribution is 2.31. The standard InChI is InChI=1S/C16H16N2O3S/c1-16(12-7-8-22-10-12)14(19)18(15(20)17-16)9-11-3-5-13(21-2)6-4-11/h3-8,10H,9H2,1-2H3,(H,17,20)/t16-/m0/s1. The minimum atomic E-state index is -0.983. The zero-order valence-corrected chi connectivity index (χ0v) is 13.1. The number of thiophene rings is 1. The first-order chi connectivity index (χ1) is 10.5. The van der Waals surface area contributed by atoms with Gasteiger partial charge in [0.25, 0.3) is 5.91 Å². The fourth-order valence-electron chi connectivity index (χ4n) is 2.50. The average Bonchev–Trinajstić information content (AvgIpc) is 3.13. The highest BCUT2D eigenvalue weighted by Gasteiger charge is 2.49. The van der Waals surface area contributed by atoms with Crippen molar-refractivity contribution in [1.29, 1.82) is 0 Å². The maximum Gasteiger partial charge on any atom is 0.325 e. The molecule has 1 aromatic carbocycles. The van der Waals surface area contributed by atoms with Crippen LogP contribution < -0.4 is 10.1 Å². The quantitative estimate of drug-likeness (QED) is 0.882. The number of imide groups is 1. The normalized spacial score (nSPS) is 21.1. The summed E-state index contributed by atoms with van der Waals surface area (Å²) in [5.41, 5.74) is 0.704. The molecule has 0 aliphatic carbocycles. The predicted octanol–water partition coefficient (Wildman–Crippen LogP) is 2.72. The van der Waals surface area contributed by atoms with Gasteiger partial charge in [0.15, 0.2) is 0 Å². The lowest BCUT2D eigenvalue weighted by atomic mass is 9.95. The Morgan fingerprint density at radius 3 is 2.55 bits per heavy atom. The van der Waals surface area contributed by atoms with Crippen molar-refractivity contribution in [2.45, 2.75) is 19.0 Å². The van der Waals surface area contributed by atoms with Gasteiger partial charge in [-0.2, -0.15) is 11.3 Å². The molecule has 3 rings (SSSR count). The second-order valence-electron chi connectivity index (χ2n) is 5.31. The number of carbonyl (C=O) groups excluding carboxylic acids is 2. The number of hydrogen-bond donors (Lipinski definition) is 1. The van der Waals surface area contributed by atoms with Gasteiger partial charge in [0.05, 0.1) is 13.7 Å². The van der Waals surface area contributed by atoms with Crippen LogP contribution in [0.25, 0.3) is 0 Å². The van der Waals surface area contributed by atoms with Gasteiger partial charge in [0.2, 0.25) is 0 Å². The van der Waals surface area contributed by atoms with Crippen LogP contribution in [0.4, 0.5) is 4.79 Å². The first-order valence-electron chi connectivity index (χ1n) is 6.84. The highest BCUT2D eigenvalue weighted by atomic mass is 32.1. The van der Waals surface area contributed by atoms with Gasteiger partial charge in [-0.1, -0.05) is 12.1 Å². The molecule has 1 aliphatic heterocycles. The molecule has 5 nitrogen and oxygen atoms in total. The van der Waals surface area contributed by atoms with Crippen LogP contribution in [0.3, 0.4) is 0 Å². The number of benzene rings is 1. The van der Waals surface area contributed by atoms with E-state index in [0.717, 1.165) is 16.9 Å². The van der Waals surface area contributed by atoms with E-state index in [1.807, 2.05) is 41.1 Å². The van der Waals surface area contributed by atoms with Crippen molar-refractivity contribution in [2.24, 2.45) is 0 Å². The number of ether oxygens (including phenoxy) is 1. The lowest BCUT2D eigenvalue weighted by Gasteiger charge is -2.20. The second-order valence-corrected chi connectivity index (χ2v) is 6.09. The van der Waals surface area contributed by atoms with E-state index >= 15 is 0 Å². The molecular weight excluding hydrogens is 300 g/mol. The SMILES string of the molecule is COc1ccc(CN2C(=O)N[C@@](C)(c3ccsc3)C2=O)cc1. The molecule has 0 spiro atoms. The smallest absolute Gasteiger partial charge is 0.325 e. The molecular formula is C16H16N2O3S. The molecule has 1 aliphatic rings. The van der Waals surface area contributed by atoms with Crippen LogP contribution in [0.2, 0.25) is 0 Å². The largest absolute Gasteiger partial charge is 0.497 e. The van der Waals surface area contributed by atoms with Crippen molar-refractivity contribution in [3.05, 3.63) is 52.2 Å². The Balaban J connectivity index is 1.82. The Morgan fingerprint density at radius 1 is 1.23 bits per heavy atom. The fraction of sp³-hybridized carbons (Fsp3) is 0.250.